The van der Waals surface area contributed by atoms with Crippen LogP contribution in [-0.2, 0) is 4.74 Å². The van der Waals surface area contributed by atoms with Crippen molar-refractivity contribution >= 4 is 17.7 Å². The van der Waals surface area contributed by atoms with Crippen molar-refractivity contribution in [3.8, 4) is 0 Å². The fourth-order valence-corrected chi connectivity index (χ4v) is 3.28. The van der Waals surface area contributed by atoms with Crippen LogP contribution in [-0.4, -0.2) is 22.9 Å². The standard InChI is InChI=1S/C18H17ClFNO2/c1-12(13-5-3-2-4-6-13)21-16(11-19)17(23-18(21)22)14-7-9-15(20)10-8-14/h2-10,12,16-17H,11H2,1H3/t12-,16+,17+/m1/s1. The van der Waals surface area contributed by atoms with E-state index in [0.717, 1.165) is 11.1 Å². The molecule has 5 heteroatoms. The van der Waals surface area contributed by atoms with Gasteiger partial charge in [0.2, 0.25) is 0 Å². The molecule has 0 aromatic heterocycles. The minimum absolute atomic E-state index is 0.155. The molecule has 0 radical (unpaired) electrons. The summed E-state index contributed by atoms with van der Waals surface area (Å²) in [6, 6.07) is 15.2. The predicted octanol–water partition coefficient (Wildman–Crippen LogP) is 4.69. The van der Waals surface area contributed by atoms with Gasteiger partial charge in [-0.05, 0) is 30.2 Å². The lowest BCUT2D eigenvalue weighted by Gasteiger charge is -2.28. The van der Waals surface area contributed by atoms with Crippen LogP contribution in [0.3, 0.4) is 0 Å². The number of ether oxygens (including phenoxy) is 1. The van der Waals surface area contributed by atoms with E-state index in [1.54, 1.807) is 17.0 Å². The van der Waals surface area contributed by atoms with Crippen molar-refractivity contribution in [1.82, 2.24) is 4.90 Å². The number of amides is 1. The second kappa shape index (κ2) is 6.59. The number of benzene rings is 2. The number of carbonyl (C=O) groups is 1. The summed E-state index contributed by atoms with van der Waals surface area (Å²) in [5.74, 6) is -0.0830. The van der Waals surface area contributed by atoms with E-state index in [2.05, 4.69) is 0 Å². The first-order valence-electron chi connectivity index (χ1n) is 7.47. The van der Waals surface area contributed by atoms with Crippen molar-refractivity contribution in [3.63, 3.8) is 0 Å². The van der Waals surface area contributed by atoms with Crippen LogP contribution in [0.4, 0.5) is 9.18 Å². The Hall–Kier alpha value is -2.07. The summed E-state index contributed by atoms with van der Waals surface area (Å²) < 4.78 is 18.6. The van der Waals surface area contributed by atoms with Gasteiger partial charge in [0, 0.05) is 5.88 Å². The highest BCUT2D eigenvalue weighted by atomic mass is 35.5. The highest BCUT2D eigenvalue weighted by Crippen LogP contribution is 2.38. The van der Waals surface area contributed by atoms with Crippen LogP contribution in [0.15, 0.2) is 54.6 Å². The number of nitrogens with zero attached hydrogens (tertiary/aromatic N) is 1. The van der Waals surface area contributed by atoms with Gasteiger partial charge < -0.3 is 4.74 Å². The molecule has 23 heavy (non-hydrogen) atoms. The van der Waals surface area contributed by atoms with Crippen molar-refractivity contribution in [2.24, 2.45) is 0 Å². The summed E-state index contributed by atoms with van der Waals surface area (Å²) in [5.41, 5.74) is 1.76. The summed E-state index contributed by atoms with van der Waals surface area (Å²) in [4.78, 5) is 14.0. The lowest BCUT2D eigenvalue weighted by atomic mass is 10.0. The average Bonchev–Trinajstić information content (AvgIpc) is 2.92. The first-order valence-corrected chi connectivity index (χ1v) is 8.00. The van der Waals surface area contributed by atoms with Gasteiger partial charge in [0.15, 0.2) is 6.10 Å². The maximum atomic E-state index is 13.1. The Morgan fingerprint density at radius 1 is 1.17 bits per heavy atom. The predicted molar refractivity (Wildman–Crippen MR) is 86.8 cm³/mol. The van der Waals surface area contributed by atoms with E-state index < -0.39 is 12.2 Å². The highest BCUT2D eigenvalue weighted by molar-refractivity contribution is 6.18. The molecule has 2 aromatic rings. The van der Waals surface area contributed by atoms with Gasteiger partial charge in [0.25, 0.3) is 0 Å². The van der Waals surface area contributed by atoms with Crippen LogP contribution in [0, 0.1) is 5.82 Å². The van der Waals surface area contributed by atoms with E-state index in [1.807, 2.05) is 37.3 Å². The highest BCUT2D eigenvalue weighted by Gasteiger charge is 2.44. The van der Waals surface area contributed by atoms with Gasteiger partial charge in [-0.15, -0.1) is 11.6 Å². The number of carbonyl (C=O) groups excluding carboxylic acids is 1. The van der Waals surface area contributed by atoms with E-state index in [1.165, 1.54) is 12.1 Å². The van der Waals surface area contributed by atoms with E-state index in [0.29, 0.717) is 0 Å². The van der Waals surface area contributed by atoms with Gasteiger partial charge >= 0.3 is 6.09 Å². The normalized spacial score (nSPS) is 22.0. The summed E-state index contributed by atoms with van der Waals surface area (Å²) in [6.07, 6.45) is -0.895. The third-order valence-corrected chi connectivity index (χ3v) is 4.52. The van der Waals surface area contributed by atoms with Gasteiger partial charge in [-0.25, -0.2) is 9.18 Å². The number of hydrogen-bond acceptors (Lipinski definition) is 2. The third-order valence-electron chi connectivity index (χ3n) is 4.20. The number of cyclic esters (lactones) is 1. The molecule has 120 valence electrons. The number of halogens is 2. The zero-order chi connectivity index (χ0) is 16.4. The molecule has 2 aromatic carbocycles. The summed E-state index contributed by atoms with van der Waals surface area (Å²) in [6.45, 7) is 1.95. The van der Waals surface area contributed by atoms with Crippen LogP contribution >= 0.6 is 11.6 Å². The Bertz CT molecular complexity index is 677. The Kier molecular flexibility index (Phi) is 4.53. The molecule has 1 aliphatic heterocycles. The van der Waals surface area contributed by atoms with E-state index in [-0.39, 0.29) is 23.8 Å². The molecular formula is C18H17ClFNO2. The van der Waals surface area contributed by atoms with Crippen molar-refractivity contribution < 1.29 is 13.9 Å². The van der Waals surface area contributed by atoms with Crippen molar-refractivity contribution in [3.05, 3.63) is 71.5 Å². The number of rotatable bonds is 4. The first-order chi connectivity index (χ1) is 11.1. The molecule has 3 nitrogen and oxygen atoms in total. The fourth-order valence-electron chi connectivity index (χ4n) is 2.96. The Labute approximate surface area is 139 Å². The van der Waals surface area contributed by atoms with Crippen LogP contribution < -0.4 is 0 Å². The number of alkyl halides is 1. The Morgan fingerprint density at radius 3 is 2.43 bits per heavy atom. The van der Waals surface area contributed by atoms with E-state index in [4.69, 9.17) is 16.3 Å². The minimum atomic E-state index is -0.494. The van der Waals surface area contributed by atoms with Gasteiger partial charge in [-0.3, -0.25) is 4.90 Å². The van der Waals surface area contributed by atoms with Gasteiger partial charge in [-0.1, -0.05) is 42.5 Å². The van der Waals surface area contributed by atoms with E-state index >= 15 is 0 Å². The third kappa shape index (κ3) is 3.04. The molecule has 1 aliphatic rings. The zero-order valence-corrected chi connectivity index (χ0v) is 13.4. The van der Waals surface area contributed by atoms with Crippen LogP contribution in [0.25, 0.3) is 0 Å². The minimum Gasteiger partial charge on any atom is -0.439 e. The Balaban J connectivity index is 1.89. The van der Waals surface area contributed by atoms with Crippen molar-refractivity contribution in [2.45, 2.75) is 25.1 Å². The van der Waals surface area contributed by atoms with Crippen LogP contribution in [0.2, 0.25) is 0 Å². The molecule has 3 atom stereocenters. The number of hydrogen-bond donors (Lipinski definition) is 0. The van der Waals surface area contributed by atoms with Gasteiger partial charge in [0.1, 0.15) is 5.82 Å². The van der Waals surface area contributed by atoms with E-state index in [9.17, 15) is 9.18 Å². The summed E-state index contributed by atoms with van der Waals surface area (Å²) in [7, 11) is 0. The maximum Gasteiger partial charge on any atom is 0.411 e. The molecule has 0 aliphatic carbocycles. The lowest BCUT2D eigenvalue weighted by Crippen LogP contribution is -2.37. The first kappa shape index (κ1) is 15.8. The largest absolute Gasteiger partial charge is 0.439 e. The zero-order valence-electron chi connectivity index (χ0n) is 12.7. The van der Waals surface area contributed by atoms with Crippen LogP contribution in [0.5, 0.6) is 0 Å². The molecule has 1 saturated heterocycles. The SMILES string of the molecule is C[C@H](c1ccccc1)N1C(=O)O[C@@H](c2ccc(F)cc2)[C@@H]1CCl. The second-order valence-corrected chi connectivity index (χ2v) is 5.88. The maximum absolute atomic E-state index is 13.1. The summed E-state index contributed by atoms with van der Waals surface area (Å²) in [5, 5.41) is 0. The van der Waals surface area contributed by atoms with Crippen molar-refractivity contribution in [2.75, 3.05) is 5.88 Å². The molecular weight excluding hydrogens is 317 g/mol. The topological polar surface area (TPSA) is 29.5 Å². The van der Waals surface area contributed by atoms with Crippen molar-refractivity contribution in [1.29, 1.82) is 0 Å². The van der Waals surface area contributed by atoms with Crippen LogP contribution in [0.1, 0.15) is 30.2 Å². The quantitative estimate of drug-likeness (QED) is 0.760. The monoisotopic (exact) mass is 333 g/mol. The molecule has 3 rings (SSSR count). The smallest absolute Gasteiger partial charge is 0.411 e. The average molecular weight is 334 g/mol. The molecule has 0 bridgehead atoms. The molecule has 0 unspecified atom stereocenters. The van der Waals surface area contributed by atoms with Gasteiger partial charge in [-0.2, -0.15) is 0 Å². The molecule has 1 amide bonds. The molecule has 0 saturated carbocycles. The molecule has 1 heterocycles. The van der Waals surface area contributed by atoms with Gasteiger partial charge in [0.05, 0.1) is 12.1 Å². The molecule has 1 fully saturated rings. The fraction of sp³-hybridized carbons (Fsp3) is 0.278. The molecule has 0 N–H and O–H groups in total. The summed E-state index contributed by atoms with van der Waals surface area (Å²) >= 11 is 6.13. The Morgan fingerprint density at radius 2 is 1.83 bits per heavy atom. The molecule has 0 spiro atoms. The lowest BCUT2D eigenvalue weighted by molar-refractivity contribution is 0.128. The second-order valence-electron chi connectivity index (χ2n) is 5.57.